The van der Waals surface area contributed by atoms with Gasteiger partial charge in [-0.1, -0.05) is 29.5 Å². The molecule has 0 N–H and O–H groups in total. The first-order chi connectivity index (χ1) is 11.2. The number of amides is 1. The maximum atomic E-state index is 12.2. The van der Waals surface area contributed by atoms with Crippen LogP contribution < -0.4 is 4.80 Å². The van der Waals surface area contributed by atoms with E-state index in [0.29, 0.717) is 16.2 Å². The van der Waals surface area contributed by atoms with Crippen molar-refractivity contribution in [1.82, 2.24) is 4.57 Å². The molecule has 0 atom stereocenters. The number of fused-ring (bicyclic) bond motifs is 1. The molecular formula is C16H14N2O3S2. The molecule has 3 aromatic rings. The van der Waals surface area contributed by atoms with Crippen LogP contribution in [0.3, 0.4) is 0 Å². The van der Waals surface area contributed by atoms with E-state index < -0.39 is 0 Å². The molecule has 1 aromatic carbocycles. The molecule has 0 saturated heterocycles. The highest BCUT2D eigenvalue weighted by atomic mass is 32.1. The number of esters is 1. The van der Waals surface area contributed by atoms with E-state index in [0.717, 1.165) is 10.2 Å². The molecule has 0 saturated carbocycles. The molecule has 2 heterocycles. The number of thiazole rings is 1. The quantitative estimate of drug-likeness (QED) is 0.682. The summed E-state index contributed by atoms with van der Waals surface area (Å²) in [5.74, 6) is -0.554. The molecule has 0 fully saturated rings. The molecule has 23 heavy (non-hydrogen) atoms. The number of para-hydroxylation sites is 1. The summed E-state index contributed by atoms with van der Waals surface area (Å²) in [7, 11) is 1.37. The van der Waals surface area contributed by atoms with Gasteiger partial charge in [0.2, 0.25) is 0 Å². The molecule has 1 amide bonds. The number of carbonyl (C=O) groups excluding carboxylic acids is 2. The number of hydrogen-bond acceptors (Lipinski definition) is 5. The van der Waals surface area contributed by atoms with Crippen molar-refractivity contribution in [3.05, 3.63) is 51.5 Å². The number of aromatic nitrogens is 1. The first-order valence-corrected chi connectivity index (χ1v) is 8.66. The van der Waals surface area contributed by atoms with Gasteiger partial charge in [0, 0.05) is 6.54 Å². The molecule has 0 radical (unpaired) electrons. The Morgan fingerprint density at radius 2 is 2.04 bits per heavy atom. The highest BCUT2D eigenvalue weighted by Gasteiger charge is 2.11. The maximum absolute atomic E-state index is 12.2. The fourth-order valence-corrected chi connectivity index (χ4v) is 3.83. The van der Waals surface area contributed by atoms with Gasteiger partial charge in [-0.25, -0.2) is 0 Å². The number of rotatable bonds is 4. The molecule has 2 aromatic heterocycles. The van der Waals surface area contributed by atoms with E-state index >= 15 is 0 Å². The third kappa shape index (κ3) is 3.40. The fraction of sp³-hybridized carbons (Fsp3) is 0.188. The number of aryl methyl sites for hydroxylation is 1. The van der Waals surface area contributed by atoms with Crippen LogP contribution in [0.1, 0.15) is 16.1 Å². The van der Waals surface area contributed by atoms with Crippen molar-refractivity contribution in [3.8, 4) is 0 Å². The monoisotopic (exact) mass is 346 g/mol. The van der Waals surface area contributed by atoms with Gasteiger partial charge < -0.3 is 9.30 Å². The molecule has 118 valence electrons. The second-order valence-electron chi connectivity index (χ2n) is 4.72. The van der Waals surface area contributed by atoms with E-state index in [2.05, 4.69) is 4.99 Å². The lowest BCUT2D eigenvalue weighted by Crippen LogP contribution is -2.19. The zero-order valence-electron chi connectivity index (χ0n) is 12.4. The Balaban J connectivity index is 2.04. The van der Waals surface area contributed by atoms with Gasteiger partial charge in [-0.3, -0.25) is 9.59 Å². The molecule has 0 unspecified atom stereocenters. The number of methoxy groups -OCH3 is 1. The summed E-state index contributed by atoms with van der Waals surface area (Å²) >= 11 is 2.80. The molecule has 0 aliphatic carbocycles. The topological polar surface area (TPSA) is 60.7 Å². The minimum atomic E-state index is -0.289. The second-order valence-corrected chi connectivity index (χ2v) is 6.68. The third-order valence-electron chi connectivity index (χ3n) is 3.28. The lowest BCUT2D eigenvalue weighted by Gasteiger charge is -2.04. The van der Waals surface area contributed by atoms with Crippen molar-refractivity contribution in [2.75, 3.05) is 7.11 Å². The van der Waals surface area contributed by atoms with Gasteiger partial charge >= 0.3 is 5.97 Å². The van der Waals surface area contributed by atoms with Crippen LogP contribution >= 0.6 is 22.7 Å². The number of nitrogens with zero attached hydrogens (tertiary/aromatic N) is 2. The Bertz CT molecular complexity index is 907. The fourth-order valence-electron chi connectivity index (χ4n) is 2.17. The second kappa shape index (κ2) is 6.89. The van der Waals surface area contributed by atoms with Gasteiger partial charge in [-0.15, -0.1) is 11.3 Å². The average molecular weight is 346 g/mol. The van der Waals surface area contributed by atoms with Gasteiger partial charge in [0.1, 0.15) is 0 Å². The maximum Gasteiger partial charge on any atom is 0.307 e. The van der Waals surface area contributed by atoms with E-state index in [1.165, 1.54) is 29.8 Å². The Morgan fingerprint density at radius 1 is 1.22 bits per heavy atom. The van der Waals surface area contributed by atoms with Crippen LogP contribution in [0.5, 0.6) is 0 Å². The Morgan fingerprint density at radius 3 is 2.78 bits per heavy atom. The number of thiophene rings is 1. The number of ether oxygens (including phenoxy) is 1. The van der Waals surface area contributed by atoms with Gasteiger partial charge in [-0.05, 0) is 23.6 Å². The Kier molecular flexibility index (Phi) is 4.68. The van der Waals surface area contributed by atoms with Crippen LogP contribution in [-0.2, 0) is 16.1 Å². The van der Waals surface area contributed by atoms with Gasteiger partial charge in [0.15, 0.2) is 4.80 Å². The zero-order valence-corrected chi connectivity index (χ0v) is 14.0. The minimum absolute atomic E-state index is 0.234. The van der Waals surface area contributed by atoms with E-state index in [1.54, 1.807) is 6.07 Å². The van der Waals surface area contributed by atoms with E-state index in [1.807, 2.05) is 40.3 Å². The number of carbonyl (C=O) groups is 2. The summed E-state index contributed by atoms with van der Waals surface area (Å²) in [6.07, 6.45) is 0.234. The highest BCUT2D eigenvalue weighted by molar-refractivity contribution is 7.16. The molecule has 5 nitrogen and oxygen atoms in total. The predicted octanol–water partition coefficient (Wildman–Crippen LogP) is 3.07. The number of hydrogen-bond donors (Lipinski definition) is 0. The average Bonchev–Trinajstić information content (AvgIpc) is 3.20. The van der Waals surface area contributed by atoms with Crippen LogP contribution in [0.25, 0.3) is 10.2 Å². The summed E-state index contributed by atoms with van der Waals surface area (Å²) in [6.45, 7) is 0.424. The molecule has 0 aliphatic rings. The molecule has 3 rings (SSSR count). The molecular weight excluding hydrogens is 332 g/mol. The Labute approximate surface area is 140 Å². The SMILES string of the molecule is COC(=O)CCn1c(=NC(=O)c2cccs2)sc2ccccc21. The first-order valence-electron chi connectivity index (χ1n) is 6.97. The molecule has 0 bridgehead atoms. The lowest BCUT2D eigenvalue weighted by atomic mass is 10.3. The normalized spacial score (nSPS) is 11.8. The van der Waals surface area contributed by atoms with Crippen LogP contribution in [0.2, 0.25) is 0 Å². The molecule has 7 heteroatoms. The van der Waals surface area contributed by atoms with Gasteiger partial charge in [0.25, 0.3) is 5.91 Å². The first kappa shape index (κ1) is 15.6. The van der Waals surface area contributed by atoms with Crippen molar-refractivity contribution >= 4 is 44.8 Å². The Hall–Kier alpha value is -2.25. The summed E-state index contributed by atoms with van der Waals surface area (Å²) in [4.78, 5) is 29.1. The largest absolute Gasteiger partial charge is 0.469 e. The zero-order chi connectivity index (χ0) is 16.2. The van der Waals surface area contributed by atoms with Crippen molar-refractivity contribution in [2.24, 2.45) is 4.99 Å². The van der Waals surface area contributed by atoms with E-state index in [4.69, 9.17) is 4.74 Å². The molecule has 0 spiro atoms. The summed E-state index contributed by atoms with van der Waals surface area (Å²) in [5.41, 5.74) is 0.958. The number of benzene rings is 1. The van der Waals surface area contributed by atoms with Crippen molar-refractivity contribution in [3.63, 3.8) is 0 Å². The standard InChI is InChI=1S/C16H14N2O3S2/c1-21-14(19)8-9-18-11-5-2-3-6-12(11)23-16(18)17-15(20)13-7-4-10-22-13/h2-7,10H,8-9H2,1H3. The lowest BCUT2D eigenvalue weighted by molar-refractivity contribution is -0.140. The van der Waals surface area contributed by atoms with Crippen molar-refractivity contribution in [2.45, 2.75) is 13.0 Å². The van der Waals surface area contributed by atoms with Crippen molar-refractivity contribution < 1.29 is 14.3 Å². The van der Waals surface area contributed by atoms with Crippen LogP contribution in [0.4, 0.5) is 0 Å². The van der Waals surface area contributed by atoms with Gasteiger partial charge in [-0.2, -0.15) is 4.99 Å². The highest BCUT2D eigenvalue weighted by Crippen LogP contribution is 2.17. The van der Waals surface area contributed by atoms with Crippen molar-refractivity contribution in [1.29, 1.82) is 0 Å². The summed E-state index contributed by atoms with van der Waals surface area (Å²) in [6, 6.07) is 11.4. The summed E-state index contributed by atoms with van der Waals surface area (Å²) < 4.78 is 7.61. The van der Waals surface area contributed by atoms with E-state index in [-0.39, 0.29) is 18.3 Å². The smallest absolute Gasteiger partial charge is 0.307 e. The summed E-state index contributed by atoms with van der Waals surface area (Å²) in [5, 5.41) is 1.85. The van der Waals surface area contributed by atoms with Crippen LogP contribution in [-0.4, -0.2) is 23.6 Å². The molecule has 0 aliphatic heterocycles. The van der Waals surface area contributed by atoms with E-state index in [9.17, 15) is 9.59 Å². The third-order valence-corrected chi connectivity index (χ3v) is 5.20. The van der Waals surface area contributed by atoms with Gasteiger partial charge in [0.05, 0.1) is 28.6 Å². The predicted molar refractivity (Wildman–Crippen MR) is 90.7 cm³/mol. The minimum Gasteiger partial charge on any atom is -0.469 e. The van der Waals surface area contributed by atoms with Crippen LogP contribution in [0.15, 0.2) is 46.8 Å². The van der Waals surface area contributed by atoms with Crippen LogP contribution in [0, 0.1) is 0 Å².